The van der Waals surface area contributed by atoms with E-state index in [1.54, 1.807) is 20.4 Å². The van der Waals surface area contributed by atoms with E-state index in [9.17, 15) is 0 Å². The highest BCUT2D eigenvalue weighted by atomic mass is 16.5. The molecule has 0 saturated heterocycles. The summed E-state index contributed by atoms with van der Waals surface area (Å²) in [6.07, 6.45) is 1.60. The van der Waals surface area contributed by atoms with E-state index in [-0.39, 0.29) is 6.61 Å². The van der Waals surface area contributed by atoms with Gasteiger partial charge in [0, 0.05) is 11.8 Å². The van der Waals surface area contributed by atoms with Crippen LogP contribution in [-0.2, 0) is 6.61 Å². The van der Waals surface area contributed by atoms with Gasteiger partial charge < -0.3 is 14.6 Å². The Morgan fingerprint density at radius 3 is 2.39 bits per heavy atom. The highest BCUT2D eigenvalue weighted by molar-refractivity contribution is 5.69. The van der Waals surface area contributed by atoms with Gasteiger partial charge in [-0.2, -0.15) is 0 Å². The number of benzene rings is 1. The molecule has 4 heteroatoms. The fourth-order valence-electron chi connectivity index (χ4n) is 1.72. The third-order valence-corrected chi connectivity index (χ3v) is 2.68. The maximum atomic E-state index is 9.15. The minimum Gasteiger partial charge on any atom is -0.497 e. The SMILES string of the molecule is COc1ccc(-c2cc(CO)cnc2OC)cc1. The van der Waals surface area contributed by atoms with E-state index in [1.807, 2.05) is 30.3 Å². The largest absolute Gasteiger partial charge is 0.497 e. The second-order valence-corrected chi connectivity index (χ2v) is 3.79. The molecule has 0 saturated carbocycles. The molecule has 0 spiro atoms. The number of methoxy groups -OCH3 is 2. The Morgan fingerprint density at radius 2 is 1.83 bits per heavy atom. The smallest absolute Gasteiger partial charge is 0.221 e. The van der Waals surface area contributed by atoms with Gasteiger partial charge in [-0.05, 0) is 29.3 Å². The lowest BCUT2D eigenvalue weighted by Gasteiger charge is -2.09. The first-order valence-electron chi connectivity index (χ1n) is 5.56. The zero-order valence-corrected chi connectivity index (χ0v) is 10.4. The lowest BCUT2D eigenvalue weighted by Crippen LogP contribution is -1.94. The van der Waals surface area contributed by atoms with Gasteiger partial charge in [0.25, 0.3) is 0 Å². The van der Waals surface area contributed by atoms with Crippen LogP contribution in [0.5, 0.6) is 11.6 Å². The van der Waals surface area contributed by atoms with Crippen LogP contribution in [0.4, 0.5) is 0 Å². The van der Waals surface area contributed by atoms with E-state index in [0.29, 0.717) is 5.88 Å². The maximum Gasteiger partial charge on any atom is 0.221 e. The molecule has 2 aromatic rings. The van der Waals surface area contributed by atoms with Crippen molar-refractivity contribution in [1.82, 2.24) is 4.98 Å². The van der Waals surface area contributed by atoms with Crippen LogP contribution < -0.4 is 9.47 Å². The van der Waals surface area contributed by atoms with Crippen LogP contribution >= 0.6 is 0 Å². The van der Waals surface area contributed by atoms with Crippen LogP contribution in [0.3, 0.4) is 0 Å². The Morgan fingerprint density at radius 1 is 1.11 bits per heavy atom. The highest BCUT2D eigenvalue weighted by Gasteiger charge is 2.08. The summed E-state index contributed by atoms with van der Waals surface area (Å²) in [5, 5.41) is 9.15. The van der Waals surface area contributed by atoms with Crippen molar-refractivity contribution >= 4 is 0 Å². The molecule has 0 bridgehead atoms. The minimum atomic E-state index is -0.0415. The summed E-state index contributed by atoms with van der Waals surface area (Å²) < 4.78 is 10.4. The van der Waals surface area contributed by atoms with Gasteiger partial charge in [-0.15, -0.1) is 0 Å². The number of hydrogen-bond acceptors (Lipinski definition) is 4. The van der Waals surface area contributed by atoms with Crippen LogP contribution in [0, 0.1) is 0 Å². The van der Waals surface area contributed by atoms with E-state index in [2.05, 4.69) is 4.98 Å². The fourth-order valence-corrected chi connectivity index (χ4v) is 1.72. The van der Waals surface area contributed by atoms with Crippen LogP contribution in [0.15, 0.2) is 36.5 Å². The molecule has 94 valence electrons. The number of pyridine rings is 1. The molecule has 0 aliphatic rings. The van der Waals surface area contributed by atoms with Crippen molar-refractivity contribution in [2.45, 2.75) is 6.61 Å². The molecule has 4 nitrogen and oxygen atoms in total. The minimum absolute atomic E-state index is 0.0415. The van der Waals surface area contributed by atoms with Gasteiger partial charge in [0.1, 0.15) is 5.75 Å². The zero-order chi connectivity index (χ0) is 13.0. The Hall–Kier alpha value is -2.07. The molecule has 1 N–H and O–H groups in total. The van der Waals surface area contributed by atoms with E-state index < -0.39 is 0 Å². The summed E-state index contributed by atoms with van der Waals surface area (Å²) in [6, 6.07) is 9.48. The van der Waals surface area contributed by atoms with Crippen molar-refractivity contribution in [2.24, 2.45) is 0 Å². The molecule has 0 amide bonds. The Labute approximate surface area is 106 Å². The maximum absolute atomic E-state index is 9.15. The average molecular weight is 245 g/mol. The first kappa shape index (κ1) is 12.4. The number of rotatable bonds is 4. The van der Waals surface area contributed by atoms with Crippen molar-refractivity contribution in [1.29, 1.82) is 0 Å². The Balaban J connectivity index is 2.46. The lowest BCUT2D eigenvalue weighted by molar-refractivity contribution is 0.281. The summed E-state index contributed by atoms with van der Waals surface area (Å²) in [5.74, 6) is 1.33. The predicted molar refractivity (Wildman–Crippen MR) is 68.7 cm³/mol. The van der Waals surface area contributed by atoms with E-state index in [0.717, 1.165) is 22.4 Å². The molecule has 0 aliphatic heterocycles. The van der Waals surface area contributed by atoms with Crippen molar-refractivity contribution in [2.75, 3.05) is 14.2 Å². The molecular formula is C14H15NO3. The van der Waals surface area contributed by atoms with Crippen LogP contribution in [-0.4, -0.2) is 24.3 Å². The quantitative estimate of drug-likeness (QED) is 0.897. The van der Waals surface area contributed by atoms with Gasteiger partial charge in [0.15, 0.2) is 0 Å². The molecule has 1 aromatic heterocycles. The number of hydrogen-bond donors (Lipinski definition) is 1. The van der Waals surface area contributed by atoms with Crippen molar-refractivity contribution in [3.05, 3.63) is 42.1 Å². The summed E-state index contributed by atoms with van der Waals surface area (Å²) in [7, 11) is 3.21. The van der Waals surface area contributed by atoms with Crippen LogP contribution in [0.1, 0.15) is 5.56 Å². The van der Waals surface area contributed by atoms with E-state index in [1.165, 1.54) is 0 Å². The van der Waals surface area contributed by atoms with E-state index >= 15 is 0 Å². The summed E-state index contributed by atoms with van der Waals surface area (Å²) in [6.45, 7) is -0.0415. The predicted octanol–water partition coefficient (Wildman–Crippen LogP) is 2.26. The van der Waals surface area contributed by atoms with Gasteiger partial charge >= 0.3 is 0 Å². The van der Waals surface area contributed by atoms with Gasteiger partial charge in [0.05, 0.1) is 20.8 Å². The van der Waals surface area contributed by atoms with Crippen LogP contribution in [0.25, 0.3) is 11.1 Å². The molecular weight excluding hydrogens is 230 g/mol. The van der Waals surface area contributed by atoms with Gasteiger partial charge in [-0.3, -0.25) is 0 Å². The molecule has 0 unspecified atom stereocenters. The standard InChI is InChI=1S/C14H15NO3/c1-17-12-5-3-11(4-6-12)13-7-10(9-16)8-15-14(13)18-2/h3-8,16H,9H2,1-2H3. The number of aromatic nitrogens is 1. The number of aliphatic hydroxyl groups excluding tert-OH is 1. The molecule has 1 aromatic carbocycles. The first-order valence-corrected chi connectivity index (χ1v) is 5.56. The molecule has 1 heterocycles. The Bertz CT molecular complexity index is 523. The Kier molecular flexibility index (Phi) is 3.79. The van der Waals surface area contributed by atoms with Gasteiger partial charge in [-0.1, -0.05) is 12.1 Å². The van der Waals surface area contributed by atoms with Gasteiger partial charge in [0.2, 0.25) is 5.88 Å². The zero-order valence-electron chi connectivity index (χ0n) is 10.4. The van der Waals surface area contributed by atoms with Gasteiger partial charge in [-0.25, -0.2) is 4.98 Å². The van der Waals surface area contributed by atoms with E-state index in [4.69, 9.17) is 14.6 Å². The third-order valence-electron chi connectivity index (χ3n) is 2.68. The first-order chi connectivity index (χ1) is 8.78. The summed E-state index contributed by atoms with van der Waals surface area (Å²) in [4.78, 5) is 4.17. The highest BCUT2D eigenvalue weighted by Crippen LogP contribution is 2.30. The van der Waals surface area contributed by atoms with Crippen molar-refractivity contribution < 1.29 is 14.6 Å². The number of aliphatic hydroxyl groups is 1. The molecule has 0 radical (unpaired) electrons. The molecule has 18 heavy (non-hydrogen) atoms. The number of nitrogens with zero attached hydrogens (tertiary/aromatic N) is 1. The monoisotopic (exact) mass is 245 g/mol. The molecule has 0 aliphatic carbocycles. The molecule has 0 atom stereocenters. The second-order valence-electron chi connectivity index (χ2n) is 3.79. The summed E-state index contributed by atoms with van der Waals surface area (Å²) >= 11 is 0. The third kappa shape index (κ3) is 2.43. The van der Waals surface area contributed by atoms with Crippen molar-refractivity contribution in [3.8, 4) is 22.8 Å². The average Bonchev–Trinajstić information content (AvgIpc) is 2.46. The molecule has 2 rings (SSSR count). The topological polar surface area (TPSA) is 51.6 Å². The normalized spacial score (nSPS) is 10.2. The molecule has 0 fully saturated rings. The lowest BCUT2D eigenvalue weighted by atomic mass is 10.1. The fraction of sp³-hybridized carbons (Fsp3) is 0.214. The second kappa shape index (κ2) is 5.51. The van der Waals surface area contributed by atoms with Crippen LogP contribution in [0.2, 0.25) is 0 Å². The summed E-state index contributed by atoms with van der Waals surface area (Å²) in [5.41, 5.74) is 2.57. The number of ether oxygens (including phenoxy) is 2. The van der Waals surface area contributed by atoms with Crippen molar-refractivity contribution in [3.63, 3.8) is 0 Å².